The number of Topliss-reactive ketones (excluding diaryl/α,β-unsaturated/α-hetero) is 1. The van der Waals surface area contributed by atoms with Gasteiger partial charge in [0.25, 0.3) is 0 Å². The largest absolute Gasteiger partial charge is 0.293 e. The van der Waals surface area contributed by atoms with Crippen LogP contribution in [0.3, 0.4) is 0 Å². The van der Waals surface area contributed by atoms with Crippen LogP contribution < -0.4 is 0 Å². The number of nitrogens with zero attached hydrogens (tertiary/aromatic N) is 2. The molecule has 0 N–H and O–H groups in total. The lowest BCUT2D eigenvalue weighted by Gasteiger charge is -2.25. The average Bonchev–Trinajstić information content (AvgIpc) is 2.47. The highest BCUT2D eigenvalue weighted by molar-refractivity contribution is 5.99. The van der Waals surface area contributed by atoms with Gasteiger partial charge in [0.1, 0.15) is 0 Å². The average molecular weight is 258 g/mol. The van der Waals surface area contributed by atoms with Crippen molar-refractivity contribution in [3.05, 3.63) is 35.4 Å². The smallest absolute Gasteiger partial charge is 0.179 e. The van der Waals surface area contributed by atoms with Crippen LogP contribution in [-0.2, 0) is 6.42 Å². The summed E-state index contributed by atoms with van der Waals surface area (Å²) >= 11 is 0. The van der Waals surface area contributed by atoms with Crippen molar-refractivity contribution in [3.63, 3.8) is 0 Å². The topological polar surface area (TPSA) is 44.1 Å². The lowest BCUT2D eigenvalue weighted by atomic mass is 10.0. The van der Waals surface area contributed by atoms with Gasteiger partial charge in [-0.2, -0.15) is 5.26 Å². The van der Waals surface area contributed by atoms with Gasteiger partial charge in [-0.15, -0.1) is 0 Å². The highest BCUT2D eigenvalue weighted by atomic mass is 16.1. The molecule has 1 rings (SSSR count). The number of likely N-dealkylation sites (N-methyl/N-ethyl adjacent to an activating group) is 1. The molecule has 1 aromatic rings. The van der Waals surface area contributed by atoms with Crippen LogP contribution in [0.25, 0.3) is 0 Å². The van der Waals surface area contributed by atoms with Gasteiger partial charge in [-0.1, -0.05) is 38.1 Å². The maximum Gasteiger partial charge on any atom is 0.179 e. The Labute approximate surface area is 115 Å². The van der Waals surface area contributed by atoms with Gasteiger partial charge in [0.15, 0.2) is 5.78 Å². The van der Waals surface area contributed by atoms with Crippen LogP contribution in [0.4, 0.5) is 0 Å². The minimum absolute atomic E-state index is 0.127. The van der Waals surface area contributed by atoms with Gasteiger partial charge < -0.3 is 0 Å². The number of carbonyl (C=O) groups excluding carboxylic acids is 1. The molecule has 3 heteroatoms. The second kappa shape index (κ2) is 7.70. The number of ketones is 1. The maximum atomic E-state index is 12.4. The quantitative estimate of drug-likeness (QED) is 0.706. The number of carbonyl (C=O) groups is 1. The van der Waals surface area contributed by atoms with E-state index in [1.807, 2.05) is 43.0 Å². The number of rotatable bonds is 7. The van der Waals surface area contributed by atoms with E-state index in [0.717, 1.165) is 18.5 Å². The van der Waals surface area contributed by atoms with Crippen molar-refractivity contribution in [1.29, 1.82) is 5.26 Å². The minimum atomic E-state index is -0.175. The number of benzene rings is 1. The number of hydrogen-bond acceptors (Lipinski definition) is 3. The number of aryl methyl sites for hydroxylation is 1. The first kappa shape index (κ1) is 15.4. The van der Waals surface area contributed by atoms with Crippen LogP contribution in [-0.4, -0.2) is 29.8 Å². The molecule has 0 heterocycles. The third-order valence-electron chi connectivity index (χ3n) is 3.49. The molecule has 0 saturated carbocycles. The van der Waals surface area contributed by atoms with Gasteiger partial charge in [0.2, 0.25) is 0 Å². The SMILES string of the molecule is CCc1ccc(C(=O)C(C)N(CC)CCC#N)cc1. The summed E-state index contributed by atoms with van der Waals surface area (Å²) in [6, 6.07) is 9.76. The van der Waals surface area contributed by atoms with Crippen molar-refractivity contribution in [2.24, 2.45) is 0 Å². The van der Waals surface area contributed by atoms with Crippen molar-refractivity contribution in [1.82, 2.24) is 4.90 Å². The zero-order valence-electron chi connectivity index (χ0n) is 12.0. The molecule has 0 saturated heterocycles. The molecule has 19 heavy (non-hydrogen) atoms. The minimum Gasteiger partial charge on any atom is -0.293 e. The second-order valence-corrected chi connectivity index (χ2v) is 4.63. The monoisotopic (exact) mass is 258 g/mol. The molecule has 0 aliphatic carbocycles. The van der Waals surface area contributed by atoms with E-state index in [9.17, 15) is 4.79 Å². The zero-order chi connectivity index (χ0) is 14.3. The Morgan fingerprint density at radius 1 is 1.32 bits per heavy atom. The highest BCUT2D eigenvalue weighted by Crippen LogP contribution is 2.11. The van der Waals surface area contributed by atoms with Gasteiger partial charge in [0, 0.05) is 18.5 Å². The highest BCUT2D eigenvalue weighted by Gasteiger charge is 2.20. The van der Waals surface area contributed by atoms with Crippen LogP contribution in [0, 0.1) is 11.3 Å². The molecule has 1 unspecified atom stereocenters. The molecule has 0 aromatic heterocycles. The fraction of sp³-hybridized carbons (Fsp3) is 0.500. The molecule has 0 aliphatic rings. The molecule has 0 amide bonds. The van der Waals surface area contributed by atoms with Gasteiger partial charge >= 0.3 is 0 Å². The maximum absolute atomic E-state index is 12.4. The van der Waals surface area contributed by atoms with E-state index in [4.69, 9.17) is 5.26 Å². The van der Waals surface area contributed by atoms with E-state index in [-0.39, 0.29) is 11.8 Å². The molecule has 102 valence electrons. The summed E-state index contributed by atoms with van der Waals surface area (Å²) < 4.78 is 0. The molecular formula is C16H22N2O. The molecule has 0 radical (unpaired) electrons. The van der Waals surface area contributed by atoms with Crippen molar-refractivity contribution in [2.45, 2.75) is 39.7 Å². The number of nitriles is 1. The van der Waals surface area contributed by atoms with Crippen LogP contribution in [0.5, 0.6) is 0 Å². The van der Waals surface area contributed by atoms with E-state index < -0.39 is 0 Å². The fourth-order valence-electron chi connectivity index (χ4n) is 2.13. The summed E-state index contributed by atoms with van der Waals surface area (Å²) in [6.45, 7) is 7.45. The summed E-state index contributed by atoms with van der Waals surface area (Å²) in [5, 5.41) is 8.64. The third-order valence-corrected chi connectivity index (χ3v) is 3.49. The predicted molar refractivity (Wildman–Crippen MR) is 77.1 cm³/mol. The molecule has 0 spiro atoms. The zero-order valence-corrected chi connectivity index (χ0v) is 12.0. The Kier molecular flexibility index (Phi) is 6.24. The van der Waals surface area contributed by atoms with Crippen molar-refractivity contribution in [2.75, 3.05) is 13.1 Å². The molecular weight excluding hydrogens is 236 g/mol. The Morgan fingerprint density at radius 3 is 2.42 bits per heavy atom. The first-order valence-corrected chi connectivity index (χ1v) is 6.88. The molecule has 1 aromatic carbocycles. The first-order valence-electron chi connectivity index (χ1n) is 6.88. The fourth-order valence-corrected chi connectivity index (χ4v) is 2.13. The van der Waals surface area contributed by atoms with E-state index >= 15 is 0 Å². The Bertz CT molecular complexity index is 445. The van der Waals surface area contributed by atoms with E-state index in [1.165, 1.54) is 5.56 Å². The summed E-state index contributed by atoms with van der Waals surface area (Å²) in [5.74, 6) is 0.127. The summed E-state index contributed by atoms with van der Waals surface area (Å²) in [4.78, 5) is 14.4. The van der Waals surface area contributed by atoms with Crippen LogP contribution >= 0.6 is 0 Å². The Morgan fingerprint density at radius 2 is 1.95 bits per heavy atom. The normalized spacial score (nSPS) is 12.2. The van der Waals surface area contributed by atoms with Crippen LogP contribution in [0.1, 0.15) is 43.1 Å². The van der Waals surface area contributed by atoms with Gasteiger partial charge in [0.05, 0.1) is 12.1 Å². The third kappa shape index (κ3) is 4.18. The molecule has 0 fully saturated rings. The van der Waals surface area contributed by atoms with Gasteiger partial charge in [-0.3, -0.25) is 9.69 Å². The Hall–Kier alpha value is -1.66. The lowest BCUT2D eigenvalue weighted by Crippen LogP contribution is -2.39. The van der Waals surface area contributed by atoms with E-state index in [1.54, 1.807) is 0 Å². The molecule has 3 nitrogen and oxygen atoms in total. The van der Waals surface area contributed by atoms with Crippen LogP contribution in [0.2, 0.25) is 0 Å². The first-order chi connectivity index (χ1) is 9.13. The standard InChI is InChI=1S/C16H22N2O/c1-4-14-7-9-15(10-8-14)16(19)13(3)18(5-2)12-6-11-17/h7-10,13H,4-6,12H2,1-3H3. The van der Waals surface area contributed by atoms with Gasteiger partial charge in [-0.25, -0.2) is 0 Å². The second-order valence-electron chi connectivity index (χ2n) is 4.63. The summed E-state index contributed by atoms with van der Waals surface area (Å²) in [7, 11) is 0. The summed E-state index contributed by atoms with van der Waals surface area (Å²) in [6.07, 6.45) is 1.44. The molecule has 1 atom stereocenters. The summed E-state index contributed by atoms with van der Waals surface area (Å²) in [5.41, 5.74) is 1.99. The van der Waals surface area contributed by atoms with Crippen LogP contribution in [0.15, 0.2) is 24.3 Å². The molecule has 0 aliphatic heterocycles. The number of hydrogen-bond donors (Lipinski definition) is 0. The van der Waals surface area contributed by atoms with Crippen molar-refractivity contribution < 1.29 is 4.79 Å². The van der Waals surface area contributed by atoms with Crippen molar-refractivity contribution >= 4 is 5.78 Å². The van der Waals surface area contributed by atoms with Gasteiger partial charge in [-0.05, 0) is 25.5 Å². The van der Waals surface area contributed by atoms with Crippen molar-refractivity contribution in [3.8, 4) is 6.07 Å². The predicted octanol–water partition coefficient (Wildman–Crippen LogP) is 3.06. The van der Waals surface area contributed by atoms with E-state index in [0.29, 0.717) is 13.0 Å². The lowest BCUT2D eigenvalue weighted by molar-refractivity contribution is 0.0847. The molecule has 0 bridgehead atoms. The Balaban J connectivity index is 2.76. The van der Waals surface area contributed by atoms with E-state index in [2.05, 4.69) is 13.0 Å².